The summed E-state index contributed by atoms with van der Waals surface area (Å²) in [6.07, 6.45) is 1.65. The Morgan fingerprint density at radius 2 is 1.97 bits per heavy atom. The van der Waals surface area contributed by atoms with Crippen LogP contribution in [-0.4, -0.2) is 40.4 Å². The molecule has 1 saturated heterocycles. The first-order valence-corrected chi connectivity index (χ1v) is 11.8. The van der Waals surface area contributed by atoms with Crippen LogP contribution in [0.1, 0.15) is 28.8 Å². The van der Waals surface area contributed by atoms with Crippen LogP contribution in [0.5, 0.6) is 11.5 Å². The Hall–Kier alpha value is -2.14. The Kier molecular flexibility index (Phi) is 6.28. The van der Waals surface area contributed by atoms with Crippen molar-refractivity contribution >= 4 is 31.9 Å². The minimum Gasteiger partial charge on any atom is -0.454 e. The van der Waals surface area contributed by atoms with Crippen molar-refractivity contribution in [2.75, 3.05) is 19.9 Å². The van der Waals surface area contributed by atoms with Crippen LogP contribution in [0, 0.1) is 0 Å². The fraction of sp³-hybridized carbons (Fsp3) is 0.350. The molecule has 0 saturated carbocycles. The third kappa shape index (κ3) is 4.77. The Bertz CT molecular complexity index is 1050. The lowest BCUT2D eigenvalue weighted by Gasteiger charge is -2.13. The molecule has 1 fully saturated rings. The van der Waals surface area contributed by atoms with E-state index < -0.39 is 15.9 Å². The molecule has 0 aromatic heterocycles. The Morgan fingerprint density at radius 3 is 2.77 bits per heavy atom. The van der Waals surface area contributed by atoms with Crippen molar-refractivity contribution in [1.82, 2.24) is 10.0 Å². The predicted octanol–water partition coefficient (Wildman–Crippen LogP) is 2.57. The van der Waals surface area contributed by atoms with Gasteiger partial charge in [0.2, 0.25) is 16.8 Å². The quantitative estimate of drug-likeness (QED) is 0.610. The van der Waals surface area contributed by atoms with Gasteiger partial charge >= 0.3 is 0 Å². The highest BCUT2D eigenvalue weighted by Gasteiger charge is 2.22. The van der Waals surface area contributed by atoms with Gasteiger partial charge in [0, 0.05) is 24.2 Å². The van der Waals surface area contributed by atoms with E-state index in [-0.39, 0.29) is 36.4 Å². The summed E-state index contributed by atoms with van der Waals surface area (Å²) in [5.74, 6) is 0.908. The molecule has 2 aliphatic heterocycles. The molecule has 0 unspecified atom stereocenters. The number of carbonyl (C=O) groups excluding carboxylic acids is 1. The molecule has 0 bridgehead atoms. The number of halogens is 1. The first kappa shape index (κ1) is 21.1. The number of carbonyl (C=O) groups is 1. The molecule has 8 nitrogen and oxygen atoms in total. The lowest BCUT2D eigenvalue weighted by Crippen LogP contribution is -2.32. The van der Waals surface area contributed by atoms with Gasteiger partial charge in [-0.05, 0) is 64.7 Å². The first-order valence-electron chi connectivity index (χ1n) is 9.50. The predicted molar refractivity (Wildman–Crippen MR) is 112 cm³/mol. The monoisotopic (exact) mass is 496 g/mol. The van der Waals surface area contributed by atoms with Gasteiger partial charge in [-0.3, -0.25) is 4.79 Å². The zero-order chi connectivity index (χ0) is 21.1. The van der Waals surface area contributed by atoms with E-state index in [1.807, 2.05) is 6.07 Å². The number of hydrogen-bond acceptors (Lipinski definition) is 6. The maximum Gasteiger partial charge on any atom is 0.252 e. The number of sulfonamides is 1. The molecule has 30 heavy (non-hydrogen) atoms. The molecule has 10 heteroatoms. The molecule has 2 aliphatic rings. The number of benzene rings is 2. The van der Waals surface area contributed by atoms with Crippen molar-refractivity contribution in [3.63, 3.8) is 0 Å². The van der Waals surface area contributed by atoms with Gasteiger partial charge in [-0.1, -0.05) is 6.07 Å². The van der Waals surface area contributed by atoms with Crippen LogP contribution < -0.4 is 19.5 Å². The second-order valence-electron chi connectivity index (χ2n) is 7.00. The topological polar surface area (TPSA) is 103 Å². The van der Waals surface area contributed by atoms with Crippen LogP contribution in [0.15, 0.2) is 45.8 Å². The molecule has 160 valence electrons. The van der Waals surface area contributed by atoms with Crippen molar-refractivity contribution in [2.24, 2.45) is 0 Å². The van der Waals surface area contributed by atoms with Gasteiger partial charge in [0.05, 0.1) is 16.6 Å². The first-order chi connectivity index (χ1) is 14.4. The Labute approximate surface area is 183 Å². The smallest absolute Gasteiger partial charge is 0.252 e. The zero-order valence-electron chi connectivity index (χ0n) is 16.0. The highest BCUT2D eigenvalue weighted by molar-refractivity contribution is 9.10. The number of rotatable bonds is 7. The fourth-order valence-electron chi connectivity index (χ4n) is 3.27. The SMILES string of the molecule is O=C(NCc1ccc2c(c1)OCO2)c1cc(S(=O)(=O)NC[C@H]2CCCO2)ccc1Br. The fourth-order valence-corrected chi connectivity index (χ4v) is 4.78. The molecule has 1 atom stereocenters. The number of amides is 1. The van der Waals surface area contributed by atoms with Gasteiger partial charge in [-0.25, -0.2) is 13.1 Å². The number of ether oxygens (including phenoxy) is 3. The minimum atomic E-state index is -3.76. The maximum absolute atomic E-state index is 12.7. The molecule has 2 aromatic rings. The summed E-state index contributed by atoms with van der Waals surface area (Å²) in [7, 11) is -3.76. The summed E-state index contributed by atoms with van der Waals surface area (Å²) in [6.45, 7) is 1.30. The second-order valence-corrected chi connectivity index (χ2v) is 9.62. The average Bonchev–Trinajstić information content (AvgIpc) is 3.42. The van der Waals surface area contributed by atoms with E-state index in [0.717, 1.165) is 18.4 Å². The molecule has 0 radical (unpaired) electrons. The molecule has 1 amide bonds. The van der Waals surface area contributed by atoms with Gasteiger partial charge in [-0.2, -0.15) is 0 Å². The largest absolute Gasteiger partial charge is 0.454 e. The summed E-state index contributed by atoms with van der Waals surface area (Å²) < 4.78 is 44.4. The van der Waals surface area contributed by atoms with E-state index in [2.05, 4.69) is 26.0 Å². The van der Waals surface area contributed by atoms with Crippen LogP contribution in [0.4, 0.5) is 0 Å². The van der Waals surface area contributed by atoms with Crippen molar-refractivity contribution in [3.05, 3.63) is 52.0 Å². The van der Waals surface area contributed by atoms with Gasteiger partial charge in [-0.15, -0.1) is 0 Å². The molecule has 2 aromatic carbocycles. The molecule has 0 spiro atoms. The lowest BCUT2D eigenvalue weighted by molar-refractivity contribution is 0.0949. The number of fused-ring (bicyclic) bond motifs is 1. The maximum atomic E-state index is 12.7. The van der Waals surface area contributed by atoms with Crippen LogP contribution in [0.2, 0.25) is 0 Å². The lowest BCUT2D eigenvalue weighted by atomic mass is 10.2. The summed E-state index contributed by atoms with van der Waals surface area (Å²) in [4.78, 5) is 12.7. The molecule has 4 rings (SSSR count). The summed E-state index contributed by atoms with van der Waals surface area (Å²) >= 11 is 3.32. The summed E-state index contributed by atoms with van der Waals surface area (Å²) in [5.41, 5.74) is 1.07. The molecular weight excluding hydrogens is 476 g/mol. The molecule has 2 N–H and O–H groups in total. The third-order valence-corrected chi connectivity index (χ3v) is 7.02. The highest BCUT2D eigenvalue weighted by Crippen LogP contribution is 2.32. The standard InChI is InChI=1S/C20H21BrN2O6S/c21-17-5-4-15(30(25,26)23-11-14-2-1-7-27-14)9-16(17)20(24)22-10-13-3-6-18-19(8-13)29-12-28-18/h3-6,8-9,14,23H,1-2,7,10-12H2,(H,22,24)/t14-/m1/s1. The van der Waals surface area contributed by atoms with Gasteiger partial charge in [0.15, 0.2) is 11.5 Å². The summed E-state index contributed by atoms with van der Waals surface area (Å²) in [5, 5.41) is 2.80. The van der Waals surface area contributed by atoms with Crippen molar-refractivity contribution < 1.29 is 27.4 Å². The van der Waals surface area contributed by atoms with E-state index in [1.165, 1.54) is 12.1 Å². The van der Waals surface area contributed by atoms with Gasteiger partial charge < -0.3 is 19.5 Å². The zero-order valence-corrected chi connectivity index (χ0v) is 18.4. The van der Waals surface area contributed by atoms with Gasteiger partial charge in [0.1, 0.15) is 0 Å². The average molecular weight is 497 g/mol. The van der Waals surface area contributed by atoms with Crippen LogP contribution in [-0.2, 0) is 21.3 Å². The van der Waals surface area contributed by atoms with Crippen molar-refractivity contribution in [3.8, 4) is 11.5 Å². The van der Waals surface area contributed by atoms with Crippen LogP contribution in [0.25, 0.3) is 0 Å². The summed E-state index contributed by atoms with van der Waals surface area (Å²) in [6, 6.07) is 9.78. The van der Waals surface area contributed by atoms with E-state index >= 15 is 0 Å². The van der Waals surface area contributed by atoms with E-state index in [4.69, 9.17) is 14.2 Å². The highest BCUT2D eigenvalue weighted by atomic mass is 79.9. The Morgan fingerprint density at radius 1 is 1.13 bits per heavy atom. The third-order valence-electron chi connectivity index (χ3n) is 4.91. The van der Waals surface area contributed by atoms with Crippen molar-refractivity contribution in [1.29, 1.82) is 0 Å². The second kappa shape index (κ2) is 8.93. The molecular formula is C20H21BrN2O6S. The van der Waals surface area contributed by atoms with E-state index in [0.29, 0.717) is 22.6 Å². The van der Waals surface area contributed by atoms with Crippen molar-refractivity contribution in [2.45, 2.75) is 30.4 Å². The molecule has 2 heterocycles. The van der Waals surface area contributed by atoms with E-state index in [1.54, 1.807) is 18.2 Å². The number of nitrogens with one attached hydrogen (secondary N) is 2. The van der Waals surface area contributed by atoms with E-state index in [9.17, 15) is 13.2 Å². The van der Waals surface area contributed by atoms with Gasteiger partial charge in [0.25, 0.3) is 5.91 Å². The van der Waals surface area contributed by atoms with Crippen LogP contribution >= 0.6 is 15.9 Å². The minimum absolute atomic E-state index is 0.0249. The normalized spacial score (nSPS) is 17.8. The number of hydrogen-bond donors (Lipinski definition) is 2. The Balaban J connectivity index is 1.43. The molecule has 0 aliphatic carbocycles. The van der Waals surface area contributed by atoms with Crippen LogP contribution in [0.3, 0.4) is 0 Å².